The molecule has 0 radical (unpaired) electrons. The molecule has 3 aromatic rings. The van der Waals surface area contributed by atoms with Crippen LogP contribution in [0.1, 0.15) is 12.8 Å². The van der Waals surface area contributed by atoms with Gasteiger partial charge in [-0.2, -0.15) is 0 Å². The van der Waals surface area contributed by atoms with Crippen LogP contribution in [-0.2, 0) is 26.5 Å². The maximum absolute atomic E-state index is 5.21. The van der Waals surface area contributed by atoms with Gasteiger partial charge >= 0.3 is 21.7 Å². The van der Waals surface area contributed by atoms with E-state index in [4.69, 9.17) is 14.7 Å². The second-order valence-corrected chi connectivity index (χ2v) is 21.9. The van der Waals surface area contributed by atoms with Crippen molar-refractivity contribution in [3.63, 3.8) is 0 Å². The van der Waals surface area contributed by atoms with Crippen LogP contribution in [0.3, 0.4) is 0 Å². The summed E-state index contributed by atoms with van der Waals surface area (Å²) in [5.74, 6) is 2.42. The minimum atomic E-state index is -1.75. The van der Waals surface area contributed by atoms with Gasteiger partial charge in [-0.15, -0.1) is 11.4 Å². The summed E-state index contributed by atoms with van der Waals surface area (Å²) in [6.45, 7) is 11.6. The van der Waals surface area contributed by atoms with Crippen molar-refractivity contribution < 1.29 is 51.3 Å². The van der Waals surface area contributed by atoms with Gasteiger partial charge in [-0.3, -0.25) is 0 Å². The van der Waals surface area contributed by atoms with E-state index >= 15 is 0 Å². The van der Waals surface area contributed by atoms with Crippen LogP contribution >= 0.6 is 7.92 Å². The van der Waals surface area contributed by atoms with Gasteiger partial charge in [-0.25, -0.2) is 0 Å². The molecule has 1 saturated heterocycles. The van der Waals surface area contributed by atoms with Gasteiger partial charge in [0.15, 0.2) is 0 Å². The maximum atomic E-state index is 5.21. The Kier molecular flexibility index (Phi) is 18.3. The van der Waals surface area contributed by atoms with Crippen molar-refractivity contribution in [2.24, 2.45) is 0 Å². The normalized spacial score (nSPS) is 12.7. The fourth-order valence-electron chi connectivity index (χ4n) is 4.10. The molecule has 3 nitrogen and oxygen atoms in total. The van der Waals surface area contributed by atoms with Crippen molar-refractivity contribution >= 4 is 41.1 Å². The zero-order valence-corrected chi connectivity index (χ0v) is 28.4. The van der Waals surface area contributed by atoms with Crippen molar-refractivity contribution in [3.05, 3.63) is 101 Å². The zero-order valence-electron chi connectivity index (χ0n) is 22.4. The predicted octanol–water partition coefficient (Wildman–Crippen LogP) is 2.50. The van der Waals surface area contributed by atoms with E-state index in [1.807, 2.05) is 0 Å². The summed E-state index contributed by atoms with van der Waals surface area (Å²) in [6.07, 6.45) is 2.56. The van der Waals surface area contributed by atoms with Gasteiger partial charge in [-0.05, 0) is 46.2 Å². The first-order valence-corrected chi connectivity index (χ1v) is 20.3. The van der Waals surface area contributed by atoms with Gasteiger partial charge in [0.05, 0.1) is 0 Å². The minimum absolute atomic E-state index is 0. The summed E-state index contributed by atoms with van der Waals surface area (Å²) in [5.41, 5.74) is 2.25. The molecule has 3 aromatic carbocycles. The molecule has 0 aliphatic carbocycles. The summed E-state index contributed by atoms with van der Waals surface area (Å²) >= 11 is 0. The van der Waals surface area contributed by atoms with Gasteiger partial charge in [0.1, 0.15) is 0 Å². The number of nitrogens with zero attached hydrogens (tertiary/aromatic N) is 2. The Balaban J connectivity index is 0.00000145. The smallest absolute Gasteiger partial charge is 1.00 e. The van der Waals surface area contributed by atoms with Crippen LogP contribution in [0.25, 0.3) is 9.96 Å². The summed E-state index contributed by atoms with van der Waals surface area (Å²) in [4.78, 5) is 10.4. The molecule has 198 valence electrons. The summed E-state index contributed by atoms with van der Waals surface area (Å²) in [7, 11) is -3.78. The Labute approximate surface area is 255 Å². The number of hydrogen-bond acceptors (Lipinski definition) is 1. The molecule has 1 heterocycles. The quantitative estimate of drug-likeness (QED) is 0.266. The molecule has 1 aliphatic rings. The van der Waals surface area contributed by atoms with Gasteiger partial charge in [0.2, 0.25) is 0 Å². The molecule has 0 spiro atoms. The SMILES string of the molecule is C1CCOC1.C[Si](C)(CP(C[Si](C)(C)[N-]c1ccccc1)c1ccccc1)[N-]c1ccccc1.[Cl-].[Cl-].[Ti+4]. The molecule has 0 bridgehead atoms. The molecule has 0 N–H and O–H groups in total. The van der Waals surface area contributed by atoms with Crippen molar-refractivity contribution in [2.45, 2.75) is 39.0 Å². The van der Waals surface area contributed by atoms with Crippen molar-refractivity contribution in [1.82, 2.24) is 0 Å². The average molecular weight is 626 g/mol. The van der Waals surface area contributed by atoms with Crippen LogP contribution in [0.15, 0.2) is 91.0 Å². The molecular weight excluding hydrogens is 586 g/mol. The molecular formula is C28H39Cl2N2OPSi2Ti. The van der Waals surface area contributed by atoms with Crippen LogP contribution < -0.4 is 30.1 Å². The third-order valence-corrected chi connectivity index (χ3v) is 17.5. The third-order valence-electron chi connectivity index (χ3n) is 5.48. The Hall–Kier alpha value is -0.622. The average Bonchev–Trinajstić information content (AvgIpc) is 3.40. The molecule has 0 amide bonds. The Morgan fingerprint density at radius 1 is 0.622 bits per heavy atom. The molecule has 37 heavy (non-hydrogen) atoms. The van der Waals surface area contributed by atoms with Crippen LogP contribution in [0.5, 0.6) is 0 Å². The van der Waals surface area contributed by atoms with E-state index in [0.717, 1.165) is 24.6 Å². The van der Waals surface area contributed by atoms with Crippen molar-refractivity contribution in [2.75, 3.05) is 24.8 Å². The van der Waals surface area contributed by atoms with E-state index in [2.05, 4.69) is 117 Å². The summed E-state index contributed by atoms with van der Waals surface area (Å²) < 4.78 is 4.94. The third kappa shape index (κ3) is 14.4. The van der Waals surface area contributed by atoms with Gasteiger partial charge in [-0.1, -0.05) is 125 Å². The number of hydrogen-bond donors (Lipinski definition) is 0. The molecule has 9 heteroatoms. The van der Waals surface area contributed by atoms with E-state index in [-0.39, 0.29) is 54.5 Å². The number of rotatable bonds is 9. The van der Waals surface area contributed by atoms with E-state index in [1.54, 1.807) is 0 Å². The van der Waals surface area contributed by atoms with Crippen LogP contribution in [0, 0.1) is 0 Å². The van der Waals surface area contributed by atoms with E-state index in [0.29, 0.717) is 0 Å². The fraction of sp³-hybridized carbons (Fsp3) is 0.357. The number of ether oxygens (including phenoxy) is 1. The summed E-state index contributed by atoms with van der Waals surface area (Å²) in [5, 5.41) is 1.50. The van der Waals surface area contributed by atoms with E-state index < -0.39 is 16.5 Å². The molecule has 4 rings (SSSR count). The van der Waals surface area contributed by atoms with Gasteiger partial charge in [0, 0.05) is 13.2 Å². The van der Waals surface area contributed by atoms with E-state index in [9.17, 15) is 0 Å². The molecule has 1 aliphatic heterocycles. The largest absolute Gasteiger partial charge is 4.00 e. The molecule has 1 fully saturated rings. The molecule has 0 aromatic heterocycles. The van der Waals surface area contributed by atoms with Gasteiger partial charge < -0.3 is 39.5 Å². The van der Waals surface area contributed by atoms with E-state index in [1.165, 1.54) is 29.7 Å². The minimum Gasteiger partial charge on any atom is -1.00 e. The molecule has 0 saturated carbocycles. The molecule has 0 atom stereocenters. The predicted molar refractivity (Wildman–Crippen MR) is 157 cm³/mol. The number of halogens is 2. The van der Waals surface area contributed by atoms with Crippen LogP contribution in [0.2, 0.25) is 26.2 Å². The standard InChI is InChI=1S/C24H31N2PSi2.C4H8O.2ClH.Ti/c1-28(2,25-22-14-8-5-9-15-22)20-27(24-18-12-7-13-19-24)21-29(3,4)26-23-16-10-6-11-17-23;1-2-4-5-3-1;;;/h5-19H,20-21H2,1-4H3;1-4H2;2*1H;/q-2;;;;+4/p-2. The first-order valence-electron chi connectivity index (χ1n) is 12.3. The Morgan fingerprint density at radius 3 is 1.30 bits per heavy atom. The maximum Gasteiger partial charge on any atom is 4.00 e. The Bertz CT molecular complexity index is 907. The zero-order chi connectivity index (χ0) is 24.3. The number of benzene rings is 3. The first-order chi connectivity index (χ1) is 16.3. The van der Waals surface area contributed by atoms with Crippen LogP contribution in [0.4, 0.5) is 11.4 Å². The second-order valence-electron chi connectivity index (χ2n) is 10.0. The topological polar surface area (TPSA) is 37.4 Å². The monoisotopic (exact) mass is 624 g/mol. The Morgan fingerprint density at radius 2 is 0.973 bits per heavy atom. The second kappa shape index (κ2) is 18.6. The van der Waals surface area contributed by atoms with Gasteiger partial charge in [0.25, 0.3) is 0 Å². The fourth-order valence-corrected chi connectivity index (χ4v) is 17.3. The van der Waals surface area contributed by atoms with Crippen LogP contribution in [-0.4, -0.2) is 41.3 Å². The summed E-state index contributed by atoms with van der Waals surface area (Å²) in [6, 6.07) is 32.0. The first kappa shape index (κ1) is 36.4. The molecule has 0 unspecified atom stereocenters. The van der Waals surface area contributed by atoms with Crippen molar-refractivity contribution in [1.29, 1.82) is 0 Å². The van der Waals surface area contributed by atoms with Crippen molar-refractivity contribution in [3.8, 4) is 0 Å².